The highest BCUT2D eigenvalue weighted by Gasteiger charge is 2.44. The summed E-state index contributed by atoms with van der Waals surface area (Å²) in [5.74, 6) is 1.18. The normalized spacial score (nSPS) is 29.2. The van der Waals surface area contributed by atoms with Crippen molar-refractivity contribution in [3.05, 3.63) is 0 Å². The first kappa shape index (κ1) is 20.0. The highest BCUT2D eigenvalue weighted by molar-refractivity contribution is 5.76. The molecule has 1 aliphatic rings. The van der Waals surface area contributed by atoms with E-state index in [1.165, 1.54) is 13.8 Å². The van der Waals surface area contributed by atoms with Crippen molar-refractivity contribution in [3.8, 4) is 12.3 Å². The SMILES string of the molecule is C#CCCC(=O)NC1C(OC(C)=O)OC(COC(C)=O)C(C)C1C. The molecule has 24 heavy (non-hydrogen) atoms. The van der Waals surface area contributed by atoms with E-state index >= 15 is 0 Å². The minimum Gasteiger partial charge on any atom is -0.463 e. The molecular weight excluding hydrogens is 314 g/mol. The van der Waals surface area contributed by atoms with E-state index in [1.54, 1.807) is 0 Å². The van der Waals surface area contributed by atoms with Gasteiger partial charge in [0.15, 0.2) is 0 Å². The number of rotatable bonds is 6. The second-order valence-electron chi connectivity index (χ2n) is 5.97. The van der Waals surface area contributed by atoms with E-state index in [0.29, 0.717) is 6.42 Å². The molecule has 1 aliphatic heterocycles. The average Bonchev–Trinajstić information content (AvgIpc) is 2.50. The number of amides is 1. The van der Waals surface area contributed by atoms with Gasteiger partial charge in [-0.2, -0.15) is 0 Å². The van der Waals surface area contributed by atoms with Crippen molar-refractivity contribution in [1.29, 1.82) is 0 Å². The number of esters is 2. The fraction of sp³-hybridized carbons (Fsp3) is 0.706. The quantitative estimate of drug-likeness (QED) is 0.574. The summed E-state index contributed by atoms with van der Waals surface area (Å²) >= 11 is 0. The van der Waals surface area contributed by atoms with Crippen LogP contribution in [0.5, 0.6) is 0 Å². The van der Waals surface area contributed by atoms with Crippen molar-refractivity contribution < 1.29 is 28.6 Å². The summed E-state index contributed by atoms with van der Waals surface area (Å²) < 4.78 is 16.0. The lowest BCUT2D eigenvalue weighted by atomic mass is 9.82. The van der Waals surface area contributed by atoms with Crippen LogP contribution in [0.25, 0.3) is 0 Å². The molecule has 0 aliphatic carbocycles. The number of carbonyl (C=O) groups excluding carboxylic acids is 3. The number of terminal acetylenes is 1. The van der Waals surface area contributed by atoms with E-state index < -0.39 is 30.4 Å². The Balaban J connectivity index is 2.83. The number of hydrogen-bond donors (Lipinski definition) is 1. The lowest BCUT2D eigenvalue weighted by molar-refractivity contribution is -0.238. The van der Waals surface area contributed by atoms with Crippen LogP contribution < -0.4 is 5.32 Å². The van der Waals surface area contributed by atoms with E-state index in [-0.39, 0.29) is 30.8 Å². The van der Waals surface area contributed by atoms with E-state index in [4.69, 9.17) is 20.6 Å². The fourth-order valence-electron chi connectivity index (χ4n) is 2.59. The summed E-state index contributed by atoms with van der Waals surface area (Å²) in [7, 11) is 0. The molecule has 1 N–H and O–H groups in total. The van der Waals surface area contributed by atoms with E-state index in [9.17, 15) is 14.4 Å². The van der Waals surface area contributed by atoms with Gasteiger partial charge >= 0.3 is 11.9 Å². The molecule has 5 unspecified atom stereocenters. The van der Waals surface area contributed by atoms with Gasteiger partial charge < -0.3 is 19.5 Å². The van der Waals surface area contributed by atoms with E-state index in [0.717, 1.165) is 0 Å². The first-order chi connectivity index (χ1) is 11.3. The van der Waals surface area contributed by atoms with Gasteiger partial charge in [0.1, 0.15) is 6.61 Å². The second-order valence-corrected chi connectivity index (χ2v) is 5.97. The van der Waals surface area contributed by atoms with Gasteiger partial charge in [-0.1, -0.05) is 13.8 Å². The van der Waals surface area contributed by atoms with Crippen LogP contribution in [0.3, 0.4) is 0 Å². The van der Waals surface area contributed by atoms with Gasteiger partial charge in [-0.25, -0.2) is 0 Å². The monoisotopic (exact) mass is 339 g/mol. The predicted molar refractivity (Wildman–Crippen MR) is 85.4 cm³/mol. The van der Waals surface area contributed by atoms with Gasteiger partial charge in [-0.05, 0) is 11.8 Å². The van der Waals surface area contributed by atoms with Crippen molar-refractivity contribution >= 4 is 17.8 Å². The van der Waals surface area contributed by atoms with E-state index in [1.807, 2.05) is 13.8 Å². The van der Waals surface area contributed by atoms with Crippen LogP contribution in [0.1, 0.15) is 40.5 Å². The van der Waals surface area contributed by atoms with Crippen LogP contribution >= 0.6 is 0 Å². The zero-order valence-electron chi connectivity index (χ0n) is 14.5. The molecule has 0 aromatic carbocycles. The van der Waals surface area contributed by atoms with Crippen LogP contribution in [0.2, 0.25) is 0 Å². The number of ether oxygens (including phenoxy) is 3. The van der Waals surface area contributed by atoms with Crippen molar-refractivity contribution in [2.24, 2.45) is 11.8 Å². The van der Waals surface area contributed by atoms with Gasteiger partial charge in [-0.3, -0.25) is 14.4 Å². The van der Waals surface area contributed by atoms with Gasteiger partial charge in [-0.15, -0.1) is 12.3 Å². The van der Waals surface area contributed by atoms with Crippen LogP contribution in [-0.4, -0.2) is 42.9 Å². The van der Waals surface area contributed by atoms with Crippen LogP contribution in [0.15, 0.2) is 0 Å². The highest BCUT2D eigenvalue weighted by atomic mass is 16.7. The smallest absolute Gasteiger partial charge is 0.305 e. The summed E-state index contributed by atoms with van der Waals surface area (Å²) in [5.41, 5.74) is 0. The van der Waals surface area contributed by atoms with Crippen molar-refractivity contribution in [3.63, 3.8) is 0 Å². The summed E-state index contributed by atoms with van der Waals surface area (Å²) in [6.07, 6.45) is 4.32. The Morgan fingerprint density at radius 3 is 2.38 bits per heavy atom. The minimum atomic E-state index is -0.941. The molecule has 7 nitrogen and oxygen atoms in total. The topological polar surface area (TPSA) is 90.9 Å². The van der Waals surface area contributed by atoms with Gasteiger partial charge in [0, 0.05) is 26.7 Å². The third-order valence-electron chi connectivity index (χ3n) is 4.14. The highest BCUT2D eigenvalue weighted by Crippen LogP contribution is 2.31. The zero-order chi connectivity index (χ0) is 18.3. The third-order valence-corrected chi connectivity index (χ3v) is 4.14. The maximum atomic E-state index is 12.0. The molecular formula is C17H25NO6. The molecule has 1 heterocycles. The molecule has 134 valence electrons. The Morgan fingerprint density at radius 1 is 1.17 bits per heavy atom. The summed E-state index contributed by atoms with van der Waals surface area (Å²) in [6, 6.07) is -0.497. The number of hydrogen-bond acceptors (Lipinski definition) is 6. The number of carbonyl (C=O) groups is 3. The standard InChI is InChI=1S/C17H25NO6/c1-6-7-8-15(21)18-16-11(3)10(2)14(9-22-12(4)19)24-17(16)23-13(5)20/h1,10-11,14,16-17H,7-9H2,2-5H3,(H,18,21). The van der Waals surface area contributed by atoms with Crippen LogP contribution in [-0.2, 0) is 28.6 Å². The van der Waals surface area contributed by atoms with Crippen molar-refractivity contribution in [1.82, 2.24) is 5.32 Å². The van der Waals surface area contributed by atoms with Crippen molar-refractivity contribution in [2.45, 2.75) is 59.0 Å². The Labute approximate surface area is 142 Å². The molecule has 5 atom stereocenters. The summed E-state index contributed by atoms with van der Waals surface area (Å²) in [6.45, 7) is 6.51. The van der Waals surface area contributed by atoms with Crippen LogP contribution in [0.4, 0.5) is 0 Å². The molecule has 1 saturated heterocycles. The minimum absolute atomic E-state index is 0.0194. The molecule has 0 bridgehead atoms. The molecule has 0 spiro atoms. The van der Waals surface area contributed by atoms with Gasteiger partial charge in [0.05, 0.1) is 12.1 Å². The van der Waals surface area contributed by atoms with Crippen molar-refractivity contribution in [2.75, 3.05) is 6.61 Å². The molecule has 1 fully saturated rings. The Bertz CT molecular complexity index is 512. The molecule has 0 aromatic rings. The molecule has 0 radical (unpaired) electrons. The van der Waals surface area contributed by atoms with Crippen LogP contribution in [0, 0.1) is 24.2 Å². The molecule has 7 heteroatoms. The maximum Gasteiger partial charge on any atom is 0.305 e. The lowest BCUT2D eigenvalue weighted by Crippen LogP contribution is -2.59. The first-order valence-electron chi connectivity index (χ1n) is 7.95. The second kappa shape index (κ2) is 9.28. The summed E-state index contributed by atoms with van der Waals surface area (Å²) in [5, 5.41) is 2.83. The fourth-order valence-corrected chi connectivity index (χ4v) is 2.59. The first-order valence-corrected chi connectivity index (χ1v) is 7.95. The zero-order valence-corrected chi connectivity index (χ0v) is 14.5. The molecule has 1 rings (SSSR count). The Kier molecular flexibility index (Phi) is 7.72. The van der Waals surface area contributed by atoms with E-state index in [2.05, 4.69) is 11.2 Å². The third kappa shape index (κ3) is 5.85. The average molecular weight is 339 g/mol. The van der Waals surface area contributed by atoms with Gasteiger partial charge in [0.25, 0.3) is 0 Å². The summed E-state index contributed by atoms with van der Waals surface area (Å²) in [4.78, 5) is 34.3. The lowest BCUT2D eigenvalue weighted by Gasteiger charge is -2.43. The van der Waals surface area contributed by atoms with Gasteiger partial charge in [0.2, 0.25) is 12.2 Å². The Hall–Kier alpha value is -2.07. The predicted octanol–water partition coefficient (Wildman–Crippen LogP) is 1.01. The Morgan fingerprint density at radius 2 is 1.83 bits per heavy atom. The molecule has 1 amide bonds. The maximum absolute atomic E-state index is 12.0. The largest absolute Gasteiger partial charge is 0.463 e. The molecule has 0 saturated carbocycles. The molecule has 0 aromatic heterocycles. The number of nitrogens with one attached hydrogen (secondary N) is 1.